The molecule has 0 bridgehead atoms. The van der Waals surface area contributed by atoms with Gasteiger partial charge in [-0.3, -0.25) is 4.79 Å². The molecule has 0 aliphatic rings. The van der Waals surface area contributed by atoms with E-state index in [2.05, 4.69) is 15.4 Å². The first-order valence-corrected chi connectivity index (χ1v) is 5.21. The second-order valence-electron chi connectivity index (χ2n) is 3.43. The number of carbonyl (C=O) groups excluding carboxylic acids is 1. The molecule has 0 fully saturated rings. The Morgan fingerprint density at radius 3 is 2.33 bits per heavy atom. The lowest BCUT2D eigenvalue weighted by Crippen LogP contribution is -2.30. The molecule has 4 nitrogen and oxygen atoms in total. The molecule has 0 aliphatic carbocycles. The van der Waals surface area contributed by atoms with E-state index in [0.29, 0.717) is 13.1 Å². The van der Waals surface area contributed by atoms with E-state index in [4.69, 9.17) is 0 Å². The molecule has 0 saturated heterocycles. The first kappa shape index (κ1) is 14.3. The minimum atomic E-state index is -4.73. The van der Waals surface area contributed by atoms with Gasteiger partial charge in [-0.25, -0.2) is 0 Å². The van der Waals surface area contributed by atoms with Crippen molar-refractivity contribution in [2.45, 2.75) is 6.36 Å². The summed E-state index contributed by atoms with van der Waals surface area (Å²) in [6.45, 7) is 1.05. The molecule has 0 atom stereocenters. The fourth-order valence-corrected chi connectivity index (χ4v) is 1.21. The highest BCUT2D eigenvalue weighted by Crippen LogP contribution is 2.22. The molecule has 0 unspecified atom stereocenters. The molecule has 1 aromatic carbocycles. The summed E-state index contributed by atoms with van der Waals surface area (Å²) in [6.07, 6.45) is -4.73. The summed E-state index contributed by atoms with van der Waals surface area (Å²) in [6, 6.07) is 4.74. The molecule has 0 heterocycles. The SMILES string of the molecule is CNCCNC(=O)c1ccc(OC(F)(F)F)cc1. The van der Waals surface area contributed by atoms with Crippen molar-refractivity contribution < 1.29 is 22.7 Å². The van der Waals surface area contributed by atoms with Crippen LogP contribution >= 0.6 is 0 Å². The predicted molar refractivity (Wildman–Crippen MR) is 59.4 cm³/mol. The van der Waals surface area contributed by atoms with Crippen LogP contribution in [0.4, 0.5) is 13.2 Å². The number of rotatable bonds is 5. The zero-order valence-electron chi connectivity index (χ0n) is 9.67. The quantitative estimate of drug-likeness (QED) is 0.791. The second-order valence-corrected chi connectivity index (χ2v) is 3.43. The normalized spacial score (nSPS) is 11.1. The summed E-state index contributed by atoms with van der Waals surface area (Å²) in [5.74, 6) is -0.696. The molecule has 0 spiro atoms. The average Bonchev–Trinajstić information content (AvgIpc) is 2.28. The Hall–Kier alpha value is -1.76. The van der Waals surface area contributed by atoms with Gasteiger partial charge in [0.2, 0.25) is 0 Å². The number of alkyl halides is 3. The molecule has 1 rings (SSSR count). The van der Waals surface area contributed by atoms with E-state index in [-0.39, 0.29) is 17.2 Å². The van der Waals surface area contributed by atoms with Crippen LogP contribution in [-0.2, 0) is 0 Å². The number of likely N-dealkylation sites (N-methyl/N-ethyl adjacent to an activating group) is 1. The first-order valence-electron chi connectivity index (χ1n) is 5.21. The van der Waals surface area contributed by atoms with Gasteiger partial charge < -0.3 is 15.4 Å². The summed E-state index contributed by atoms with van der Waals surface area (Å²) in [4.78, 5) is 11.5. The van der Waals surface area contributed by atoms with E-state index >= 15 is 0 Å². The highest BCUT2D eigenvalue weighted by Gasteiger charge is 2.31. The summed E-state index contributed by atoms with van der Waals surface area (Å²) in [5.41, 5.74) is 0.278. The van der Waals surface area contributed by atoms with Gasteiger partial charge in [0.25, 0.3) is 5.91 Å². The third kappa shape index (κ3) is 5.05. The molecular weight excluding hydrogens is 249 g/mol. The third-order valence-corrected chi connectivity index (χ3v) is 2.01. The van der Waals surface area contributed by atoms with Crippen LogP contribution in [0.3, 0.4) is 0 Å². The minimum absolute atomic E-state index is 0.278. The van der Waals surface area contributed by atoms with Crippen molar-refractivity contribution >= 4 is 5.91 Å². The van der Waals surface area contributed by atoms with Gasteiger partial charge in [-0.1, -0.05) is 0 Å². The van der Waals surface area contributed by atoms with Gasteiger partial charge in [0, 0.05) is 18.7 Å². The van der Waals surface area contributed by atoms with Crippen LogP contribution in [0.25, 0.3) is 0 Å². The van der Waals surface area contributed by atoms with Gasteiger partial charge >= 0.3 is 6.36 Å². The number of ether oxygens (including phenoxy) is 1. The van der Waals surface area contributed by atoms with Crippen molar-refractivity contribution in [2.24, 2.45) is 0 Å². The van der Waals surface area contributed by atoms with E-state index in [1.807, 2.05) is 0 Å². The Morgan fingerprint density at radius 1 is 1.22 bits per heavy atom. The molecule has 18 heavy (non-hydrogen) atoms. The molecule has 0 radical (unpaired) electrons. The highest BCUT2D eigenvalue weighted by atomic mass is 19.4. The lowest BCUT2D eigenvalue weighted by atomic mass is 10.2. The highest BCUT2D eigenvalue weighted by molar-refractivity contribution is 5.94. The van der Waals surface area contributed by atoms with Crippen molar-refractivity contribution in [1.29, 1.82) is 0 Å². The van der Waals surface area contributed by atoms with Crippen LogP contribution in [0.2, 0.25) is 0 Å². The van der Waals surface area contributed by atoms with Crippen molar-refractivity contribution in [1.82, 2.24) is 10.6 Å². The number of amides is 1. The lowest BCUT2D eigenvalue weighted by molar-refractivity contribution is -0.274. The Kier molecular flexibility index (Phi) is 4.96. The van der Waals surface area contributed by atoms with Crippen LogP contribution in [0, 0.1) is 0 Å². The van der Waals surface area contributed by atoms with Crippen LogP contribution in [0.5, 0.6) is 5.75 Å². The Labute approximate surface area is 102 Å². The minimum Gasteiger partial charge on any atom is -0.406 e. The number of hydrogen-bond donors (Lipinski definition) is 2. The zero-order valence-corrected chi connectivity index (χ0v) is 9.67. The van der Waals surface area contributed by atoms with Crippen molar-refractivity contribution in [2.75, 3.05) is 20.1 Å². The van der Waals surface area contributed by atoms with E-state index in [0.717, 1.165) is 12.1 Å². The number of benzene rings is 1. The van der Waals surface area contributed by atoms with Gasteiger partial charge in [0.15, 0.2) is 0 Å². The van der Waals surface area contributed by atoms with Crippen LogP contribution in [0.1, 0.15) is 10.4 Å². The largest absolute Gasteiger partial charge is 0.573 e. The molecule has 7 heteroatoms. The van der Waals surface area contributed by atoms with Crippen LogP contribution in [-0.4, -0.2) is 32.4 Å². The monoisotopic (exact) mass is 262 g/mol. The number of halogens is 3. The third-order valence-electron chi connectivity index (χ3n) is 2.01. The summed E-state index contributed by atoms with van der Waals surface area (Å²) < 4.78 is 39.4. The van der Waals surface area contributed by atoms with Crippen LogP contribution in [0.15, 0.2) is 24.3 Å². The van der Waals surface area contributed by atoms with E-state index in [1.54, 1.807) is 7.05 Å². The van der Waals surface area contributed by atoms with Gasteiger partial charge in [0.1, 0.15) is 5.75 Å². The van der Waals surface area contributed by atoms with E-state index in [1.165, 1.54) is 12.1 Å². The predicted octanol–water partition coefficient (Wildman–Crippen LogP) is 1.53. The van der Waals surface area contributed by atoms with E-state index < -0.39 is 6.36 Å². The number of carbonyl (C=O) groups is 1. The Balaban J connectivity index is 2.57. The van der Waals surface area contributed by atoms with E-state index in [9.17, 15) is 18.0 Å². The molecule has 0 aromatic heterocycles. The molecule has 1 amide bonds. The van der Waals surface area contributed by atoms with Gasteiger partial charge in [-0.05, 0) is 31.3 Å². The summed E-state index contributed by atoms with van der Waals surface area (Å²) in [7, 11) is 1.75. The molecule has 1 aromatic rings. The summed E-state index contributed by atoms with van der Waals surface area (Å²) >= 11 is 0. The standard InChI is InChI=1S/C11H13F3N2O2/c1-15-6-7-16-10(17)8-2-4-9(5-3-8)18-11(12,13)14/h2-5,15H,6-7H2,1H3,(H,16,17). The van der Waals surface area contributed by atoms with Crippen molar-refractivity contribution in [3.63, 3.8) is 0 Å². The molecular formula is C11H13F3N2O2. The maximum absolute atomic E-state index is 11.9. The maximum Gasteiger partial charge on any atom is 0.573 e. The molecule has 0 saturated carbocycles. The molecule has 0 aliphatic heterocycles. The van der Waals surface area contributed by atoms with Gasteiger partial charge in [-0.2, -0.15) is 0 Å². The second kappa shape index (κ2) is 6.25. The fourth-order valence-electron chi connectivity index (χ4n) is 1.21. The summed E-state index contributed by atoms with van der Waals surface area (Å²) in [5, 5.41) is 5.45. The van der Waals surface area contributed by atoms with Crippen LogP contribution < -0.4 is 15.4 Å². The Morgan fingerprint density at radius 2 is 1.83 bits per heavy atom. The Bertz CT molecular complexity index is 390. The first-order chi connectivity index (χ1) is 8.42. The lowest BCUT2D eigenvalue weighted by Gasteiger charge is -2.09. The molecule has 100 valence electrons. The van der Waals surface area contributed by atoms with Crippen molar-refractivity contribution in [3.05, 3.63) is 29.8 Å². The number of hydrogen-bond acceptors (Lipinski definition) is 3. The van der Waals surface area contributed by atoms with Crippen molar-refractivity contribution in [3.8, 4) is 5.75 Å². The topological polar surface area (TPSA) is 50.4 Å². The molecule has 2 N–H and O–H groups in total. The van der Waals surface area contributed by atoms with Gasteiger partial charge in [-0.15, -0.1) is 13.2 Å². The average molecular weight is 262 g/mol. The fraction of sp³-hybridized carbons (Fsp3) is 0.364. The maximum atomic E-state index is 11.9. The number of nitrogens with one attached hydrogen (secondary N) is 2. The van der Waals surface area contributed by atoms with Gasteiger partial charge in [0.05, 0.1) is 0 Å². The smallest absolute Gasteiger partial charge is 0.406 e. The zero-order chi connectivity index (χ0) is 13.6.